The predicted octanol–water partition coefficient (Wildman–Crippen LogP) is 2.84. The second-order valence-electron chi connectivity index (χ2n) is 4.37. The number of halogens is 1. The van der Waals surface area contributed by atoms with Crippen molar-refractivity contribution in [2.75, 3.05) is 6.54 Å². The van der Waals surface area contributed by atoms with Crippen LogP contribution in [0.5, 0.6) is 0 Å². The van der Waals surface area contributed by atoms with Crippen LogP contribution in [0.2, 0.25) is 0 Å². The minimum absolute atomic E-state index is 0.0334. The summed E-state index contributed by atoms with van der Waals surface area (Å²) in [6.45, 7) is 2.58. The van der Waals surface area contributed by atoms with Crippen LogP contribution in [-0.4, -0.2) is 23.5 Å². The Morgan fingerprint density at radius 3 is 2.70 bits per heavy atom. The topological polar surface area (TPSA) is 66.4 Å². The molecular weight excluding hydrogens is 261 g/mol. The van der Waals surface area contributed by atoms with Crippen molar-refractivity contribution in [2.45, 2.75) is 26.2 Å². The maximum atomic E-state index is 13.8. The molecule has 0 saturated carbocycles. The summed E-state index contributed by atoms with van der Waals surface area (Å²) in [6, 6.07) is 4.00. The zero-order valence-corrected chi connectivity index (χ0v) is 11.4. The lowest BCUT2D eigenvalue weighted by Crippen LogP contribution is -2.25. The summed E-state index contributed by atoms with van der Waals surface area (Å²) in [5.41, 5.74) is 0.362. The van der Waals surface area contributed by atoms with E-state index in [1.54, 1.807) is 0 Å². The third kappa shape index (κ3) is 5.22. The Morgan fingerprint density at radius 2 is 2.10 bits per heavy atom. The smallest absolute Gasteiger partial charge is 0.328 e. The molecule has 0 atom stereocenters. The molecule has 1 rings (SSSR count). The molecule has 0 aliphatic carbocycles. The van der Waals surface area contributed by atoms with Gasteiger partial charge in [-0.25, -0.2) is 9.18 Å². The van der Waals surface area contributed by atoms with Gasteiger partial charge in [0.25, 0.3) is 5.91 Å². The first-order chi connectivity index (χ1) is 9.54. The molecule has 0 aliphatic heterocycles. The normalized spacial score (nSPS) is 10.7. The number of carboxylic acid groups (broad SMARTS) is 1. The zero-order chi connectivity index (χ0) is 15.0. The van der Waals surface area contributed by atoms with E-state index in [4.69, 9.17) is 5.11 Å². The molecule has 0 saturated heterocycles. The SMILES string of the molecule is CCCCCNC(=O)c1ccc(C=CC(=O)O)cc1F. The molecule has 20 heavy (non-hydrogen) atoms. The van der Waals surface area contributed by atoms with Gasteiger partial charge in [0.05, 0.1) is 5.56 Å². The van der Waals surface area contributed by atoms with Gasteiger partial charge in [-0.3, -0.25) is 4.79 Å². The van der Waals surface area contributed by atoms with Gasteiger partial charge in [0, 0.05) is 12.6 Å². The van der Waals surface area contributed by atoms with E-state index >= 15 is 0 Å². The summed E-state index contributed by atoms with van der Waals surface area (Å²) < 4.78 is 13.8. The quantitative estimate of drug-likeness (QED) is 0.595. The van der Waals surface area contributed by atoms with Crippen molar-refractivity contribution in [1.82, 2.24) is 5.32 Å². The van der Waals surface area contributed by atoms with Gasteiger partial charge in [0.1, 0.15) is 5.82 Å². The standard InChI is InChI=1S/C15H18FNO3/c1-2-3-4-9-17-15(20)12-7-5-11(10-13(12)16)6-8-14(18)19/h5-8,10H,2-4,9H2,1H3,(H,17,20)(H,18,19). The molecule has 108 valence electrons. The lowest BCUT2D eigenvalue weighted by atomic mass is 10.1. The molecule has 0 bridgehead atoms. The number of nitrogens with one attached hydrogen (secondary N) is 1. The summed E-state index contributed by atoms with van der Waals surface area (Å²) >= 11 is 0. The van der Waals surface area contributed by atoms with E-state index in [1.807, 2.05) is 0 Å². The Labute approximate surface area is 117 Å². The van der Waals surface area contributed by atoms with Crippen molar-refractivity contribution in [1.29, 1.82) is 0 Å². The van der Waals surface area contributed by atoms with E-state index in [-0.39, 0.29) is 5.56 Å². The molecule has 0 spiro atoms. The monoisotopic (exact) mass is 279 g/mol. The van der Waals surface area contributed by atoms with Crippen molar-refractivity contribution in [3.8, 4) is 0 Å². The van der Waals surface area contributed by atoms with E-state index in [0.29, 0.717) is 12.1 Å². The minimum atomic E-state index is -1.11. The molecule has 1 amide bonds. The second-order valence-corrected chi connectivity index (χ2v) is 4.37. The number of hydrogen-bond donors (Lipinski definition) is 2. The van der Waals surface area contributed by atoms with Gasteiger partial charge in [-0.2, -0.15) is 0 Å². The third-order valence-corrected chi connectivity index (χ3v) is 2.72. The zero-order valence-electron chi connectivity index (χ0n) is 11.4. The fourth-order valence-corrected chi connectivity index (χ4v) is 1.66. The Balaban J connectivity index is 2.67. The van der Waals surface area contributed by atoms with Gasteiger partial charge in [-0.15, -0.1) is 0 Å². The molecule has 5 heteroatoms. The maximum absolute atomic E-state index is 13.8. The number of rotatable bonds is 7. The van der Waals surface area contributed by atoms with Crippen molar-refractivity contribution < 1.29 is 19.1 Å². The van der Waals surface area contributed by atoms with Crippen LogP contribution >= 0.6 is 0 Å². The molecule has 1 aromatic rings. The summed E-state index contributed by atoms with van der Waals surface area (Å²) in [4.78, 5) is 22.1. The summed E-state index contributed by atoms with van der Waals surface area (Å²) in [6.07, 6.45) is 5.12. The molecular formula is C15H18FNO3. The number of aliphatic carboxylic acids is 1. The van der Waals surface area contributed by atoms with Crippen molar-refractivity contribution in [3.63, 3.8) is 0 Å². The predicted molar refractivity (Wildman–Crippen MR) is 74.9 cm³/mol. The van der Waals surface area contributed by atoms with Crippen molar-refractivity contribution in [2.24, 2.45) is 0 Å². The maximum Gasteiger partial charge on any atom is 0.328 e. The highest BCUT2D eigenvalue weighted by Crippen LogP contribution is 2.12. The van der Waals surface area contributed by atoms with E-state index in [0.717, 1.165) is 31.4 Å². The first-order valence-electron chi connectivity index (χ1n) is 6.53. The molecule has 0 aromatic heterocycles. The van der Waals surface area contributed by atoms with Crippen LogP contribution in [0.1, 0.15) is 42.1 Å². The lowest BCUT2D eigenvalue weighted by molar-refractivity contribution is -0.131. The second kappa shape index (κ2) is 8.09. The number of hydrogen-bond acceptors (Lipinski definition) is 2. The number of benzene rings is 1. The van der Waals surface area contributed by atoms with Crippen LogP contribution in [0.3, 0.4) is 0 Å². The third-order valence-electron chi connectivity index (χ3n) is 2.72. The molecule has 0 aliphatic rings. The fraction of sp³-hybridized carbons (Fsp3) is 0.333. The van der Waals surface area contributed by atoms with Crippen molar-refractivity contribution in [3.05, 3.63) is 41.2 Å². The van der Waals surface area contributed by atoms with Gasteiger partial charge in [0.2, 0.25) is 0 Å². The largest absolute Gasteiger partial charge is 0.478 e. The Bertz CT molecular complexity index is 512. The Kier molecular flexibility index (Phi) is 6.43. The number of unbranched alkanes of at least 4 members (excludes halogenated alkanes) is 2. The molecule has 4 nitrogen and oxygen atoms in total. The van der Waals surface area contributed by atoms with E-state index < -0.39 is 17.7 Å². The summed E-state index contributed by atoms with van der Waals surface area (Å²) in [5.74, 6) is -2.22. The Hall–Kier alpha value is -2.17. The fourth-order valence-electron chi connectivity index (χ4n) is 1.66. The van der Waals surface area contributed by atoms with Crippen LogP contribution in [0.4, 0.5) is 4.39 Å². The number of carbonyl (C=O) groups is 2. The average molecular weight is 279 g/mol. The van der Waals surface area contributed by atoms with Gasteiger partial charge < -0.3 is 10.4 Å². The van der Waals surface area contributed by atoms with Crippen LogP contribution in [0, 0.1) is 5.82 Å². The highest BCUT2D eigenvalue weighted by atomic mass is 19.1. The molecule has 0 heterocycles. The number of carboxylic acids is 1. The molecule has 0 unspecified atom stereocenters. The molecule has 0 radical (unpaired) electrons. The van der Waals surface area contributed by atoms with Crippen LogP contribution in [0.25, 0.3) is 6.08 Å². The summed E-state index contributed by atoms with van der Waals surface area (Å²) in [5, 5.41) is 11.1. The molecule has 0 fully saturated rings. The average Bonchev–Trinajstić information content (AvgIpc) is 2.41. The number of carbonyl (C=O) groups excluding carboxylic acids is 1. The van der Waals surface area contributed by atoms with Crippen LogP contribution in [0.15, 0.2) is 24.3 Å². The lowest BCUT2D eigenvalue weighted by Gasteiger charge is -2.06. The van der Waals surface area contributed by atoms with E-state index in [2.05, 4.69) is 12.2 Å². The summed E-state index contributed by atoms with van der Waals surface area (Å²) in [7, 11) is 0. The van der Waals surface area contributed by atoms with Gasteiger partial charge in [-0.05, 0) is 30.2 Å². The van der Waals surface area contributed by atoms with E-state index in [1.165, 1.54) is 18.2 Å². The minimum Gasteiger partial charge on any atom is -0.478 e. The van der Waals surface area contributed by atoms with Crippen LogP contribution < -0.4 is 5.32 Å². The number of amides is 1. The van der Waals surface area contributed by atoms with Crippen LogP contribution in [-0.2, 0) is 4.79 Å². The van der Waals surface area contributed by atoms with E-state index in [9.17, 15) is 14.0 Å². The molecule has 1 aromatic carbocycles. The van der Waals surface area contributed by atoms with Gasteiger partial charge in [0.15, 0.2) is 0 Å². The first-order valence-corrected chi connectivity index (χ1v) is 6.53. The highest BCUT2D eigenvalue weighted by Gasteiger charge is 2.11. The van der Waals surface area contributed by atoms with Gasteiger partial charge in [-0.1, -0.05) is 25.8 Å². The first kappa shape index (κ1) is 15.9. The van der Waals surface area contributed by atoms with Crippen molar-refractivity contribution >= 4 is 18.0 Å². The Morgan fingerprint density at radius 1 is 1.35 bits per heavy atom. The highest BCUT2D eigenvalue weighted by molar-refractivity contribution is 5.94. The van der Waals surface area contributed by atoms with Gasteiger partial charge >= 0.3 is 5.97 Å². The molecule has 2 N–H and O–H groups in total.